The number of hydrogen-bond acceptors (Lipinski definition) is 6. The molecule has 2 aromatic heterocycles. The Kier molecular flexibility index (Phi) is 8.50. The van der Waals surface area contributed by atoms with Crippen LogP contribution < -0.4 is 10.6 Å². The second-order valence-corrected chi connectivity index (χ2v) is 10.0. The summed E-state index contributed by atoms with van der Waals surface area (Å²) in [4.78, 5) is 47.8. The zero-order valence-corrected chi connectivity index (χ0v) is 23.0. The molecule has 0 aliphatic heterocycles. The number of halogens is 1. The first-order valence-corrected chi connectivity index (χ1v) is 13.5. The minimum Gasteiger partial charge on any atom is -0.434 e. The monoisotopic (exact) mass is 566 g/mol. The Balaban J connectivity index is 1.29. The fraction of sp³-hybridized carbons (Fsp3) is 0.156. The highest BCUT2D eigenvalue weighted by Crippen LogP contribution is 2.26. The number of oxazole rings is 1. The average Bonchev–Trinajstić information content (AvgIpc) is 3.45. The quantitative estimate of drug-likeness (QED) is 0.205. The molecule has 2 amide bonds. The third-order valence-corrected chi connectivity index (χ3v) is 7.04. The van der Waals surface area contributed by atoms with Crippen LogP contribution in [0.2, 0.25) is 5.02 Å². The van der Waals surface area contributed by atoms with E-state index in [1.54, 1.807) is 42.5 Å². The van der Waals surface area contributed by atoms with Gasteiger partial charge in [0.1, 0.15) is 11.6 Å². The lowest BCUT2D eigenvalue weighted by Crippen LogP contribution is -2.48. The highest BCUT2D eigenvalue weighted by molar-refractivity contribution is 6.33. The number of benzene rings is 3. The minimum absolute atomic E-state index is 0.0549. The third kappa shape index (κ3) is 6.67. The van der Waals surface area contributed by atoms with Crippen LogP contribution in [-0.2, 0) is 4.79 Å². The Morgan fingerprint density at radius 3 is 2.37 bits per heavy atom. The number of ketones is 1. The van der Waals surface area contributed by atoms with Crippen LogP contribution in [0.3, 0.4) is 0 Å². The molecule has 5 rings (SSSR count). The molecular weight excluding hydrogens is 540 g/mol. The predicted molar refractivity (Wildman–Crippen MR) is 157 cm³/mol. The number of aromatic nitrogens is 2. The maximum absolute atomic E-state index is 13.3. The van der Waals surface area contributed by atoms with Crippen molar-refractivity contribution in [3.05, 3.63) is 119 Å². The summed E-state index contributed by atoms with van der Waals surface area (Å²) in [6.07, 6.45) is 1.75. The maximum Gasteiger partial charge on any atom is 0.266 e. The van der Waals surface area contributed by atoms with E-state index < -0.39 is 23.6 Å². The van der Waals surface area contributed by atoms with Crippen molar-refractivity contribution in [3.63, 3.8) is 0 Å². The van der Waals surface area contributed by atoms with Gasteiger partial charge in [-0.3, -0.25) is 19.4 Å². The van der Waals surface area contributed by atoms with Gasteiger partial charge < -0.3 is 15.1 Å². The molecule has 2 unspecified atom stereocenters. The van der Waals surface area contributed by atoms with Crippen molar-refractivity contribution < 1.29 is 18.8 Å². The summed E-state index contributed by atoms with van der Waals surface area (Å²) < 4.78 is 5.52. The largest absolute Gasteiger partial charge is 0.434 e. The molecule has 0 saturated carbocycles. The van der Waals surface area contributed by atoms with Gasteiger partial charge in [-0.15, -0.1) is 0 Å². The number of carbonyl (C=O) groups is 3. The first kappa shape index (κ1) is 27.7. The SMILES string of the molecule is CC(CC(NC(=O)c1ccc(-c2ccccc2Cl)nc1)C(=O)NCC(=O)c1nc2ccccc2o1)c1ccccc1. The second-order valence-electron chi connectivity index (χ2n) is 9.61. The fourth-order valence-electron chi connectivity index (χ4n) is 4.46. The van der Waals surface area contributed by atoms with E-state index in [1.165, 1.54) is 6.20 Å². The molecule has 5 aromatic rings. The Morgan fingerprint density at radius 2 is 1.63 bits per heavy atom. The second kappa shape index (κ2) is 12.6. The third-order valence-electron chi connectivity index (χ3n) is 6.71. The van der Waals surface area contributed by atoms with Crippen LogP contribution in [0.1, 0.15) is 45.9 Å². The van der Waals surface area contributed by atoms with Gasteiger partial charge in [0.15, 0.2) is 5.58 Å². The molecule has 0 aliphatic rings. The van der Waals surface area contributed by atoms with E-state index in [0.717, 1.165) is 11.1 Å². The Labute approximate surface area is 241 Å². The zero-order valence-electron chi connectivity index (χ0n) is 22.2. The number of nitrogens with zero attached hydrogens (tertiary/aromatic N) is 2. The summed E-state index contributed by atoms with van der Waals surface area (Å²) in [7, 11) is 0. The van der Waals surface area contributed by atoms with Gasteiger partial charge in [0.2, 0.25) is 11.7 Å². The van der Waals surface area contributed by atoms with E-state index in [4.69, 9.17) is 16.0 Å². The van der Waals surface area contributed by atoms with Gasteiger partial charge in [-0.05, 0) is 48.2 Å². The first-order valence-electron chi connectivity index (χ1n) is 13.1. The number of nitrogens with one attached hydrogen (secondary N) is 2. The van der Waals surface area contributed by atoms with Crippen molar-refractivity contribution in [1.82, 2.24) is 20.6 Å². The van der Waals surface area contributed by atoms with Crippen molar-refractivity contribution in [3.8, 4) is 11.3 Å². The molecular formula is C32H27ClN4O4. The number of para-hydroxylation sites is 2. The molecule has 3 aromatic carbocycles. The summed E-state index contributed by atoms with van der Waals surface area (Å²) >= 11 is 6.28. The van der Waals surface area contributed by atoms with Crippen LogP contribution in [0.5, 0.6) is 0 Å². The molecule has 0 radical (unpaired) electrons. The van der Waals surface area contributed by atoms with E-state index >= 15 is 0 Å². The van der Waals surface area contributed by atoms with Crippen LogP contribution in [0.4, 0.5) is 0 Å². The summed E-state index contributed by atoms with van der Waals surface area (Å²) in [5, 5.41) is 6.02. The lowest BCUT2D eigenvalue weighted by atomic mass is 9.93. The molecule has 206 valence electrons. The zero-order chi connectivity index (χ0) is 28.8. The van der Waals surface area contributed by atoms with E-state index in [1.807, 2.05) is 55.5 Å². The normalized spacial score (nSPS) is 12.4. The number of hydrogen-bond donors (Lipinski definition) is 2. The highest BCUT2D eigenvalue weighted by atomic mass is 35.5. The van der Waals surface area contributed by atoms with Crippen LogP contribution in [0.25, 0.3) is 22.4 Å². The molecule has 9 heteroatoms. The molecule has 0 fully saturated rings. The van der Waals surface area contributed by atoms with Crippen LogP contribution in [0.15, 0.2) is 102 Å². The molecule has 2 N–H and O–H groups in total. The van der Waals surface area contributed by atoms with Gasteiger partial charge in [-0.25, -0.2) is 4.98 Å². The maximum atomic E-state index is 13.3. The van der Waals surface area contributed by atoms with Crippen LogP contribution >= 0.6 is 11.6 Å². The van der Waals surface area contributed by atoms with Crippen molar-refractivity contribution in [1.29, 1.82) is 0 Å². The van der Waals surface area contributed by atoms with Gasteiger partial charge in [0.25, 0.3) is 11.8 Å². The summed E-state index contributed by atoms with van der Waals surface area (Å²) in [6.45, 7) is 1.65. The lowest BCUT2D eigenvalue weighted by Gasteiger charge is -2.22. The van der Waals surface area contributed by atoms with Crippen molar-refractivity contribution in [2.45, 2.75) is 25.3 Å². The van der Waals surface area contributed by atoms with E-state index in [-0.39, 0.29) is 23.9 Å². The van der Waals surface area contributed by atoms with Gasteiger partial charge in [0.05, 0.1) is 17.8 Å². The average molecular weight is 567 g/mol. The molecule has 2 heterocycles. The fourth-order valence-corrected chi connectivity index (χ4v) is 4.69. The number of pyridine rings is 1. The molecule has 0 aliphatic carbocycles. The van der Waals surface area contributed by atoms with Crippen molar-refractivity contribution in [2.75, 3.05) is 6.54 Å². The summed E-state index contributed by atoms with van der Waals surface area (Å²) in [5.74, 6) is -1.58. The van der Waals surface area contributed by atoms with E-state index in [0.29, 0.717) is 28.2 Å². The van der Waals surface area contributed by atoms with E-state index in [2.05, 4.69) is 20.6 Å². The van der Waals surface area contributed by atoms with Gasteiger partial charge in [0, 0.05) is 16.8 Å². The Hall–Kier alpha value is -4.82. The lowest BCUT2D eigenvalue weighted by molar-refractivity contribution is -0.123. The van der Waals surface area contributed by atoms with Gasteiger partial charge in [-0.2, -0.15) is 0 Å². The number of carbonyl (C=O) groups excluding carboxylic acids is 3. The van der Waals surface area contributed by atoms with Crippen molar-refractivity contribution in [2.24, 2.45) is 0 Å². The van der Waals surface area contributed by atoms with Gasteiger partial charge in [-0.1, -0.05) is 79.2 Å². The summed E-state index contributed by atoms with van der Waals surface area (Å²) in [6, 6.07) is 26.4. The minimum atomic E-state index is -0.919. The number of fused-ring (bicyclic) bond motifs is 1. The standard InChI is InChI=1S/C32H27ClN4O4/c1-20(21-9-3-2-4-10-21)17-27(31(40)35-19-28(38)32-37-26-13-7-8-14-29(26)41-32)36-30(39)22-15-16-25(34-18-22)23-11-5-6-12-24(23)33/h2-16,18,20,27H,17,19H2,1H3,(H,35,40)(H,36,39). The number of rotatable bonds is 10. The Morgan fingerprint density at radius 1 is 0.902 bits per heavy atom. The smallest absolute Gasteiger partial charge is 0.266 e. The molecule has 0 bridgehead atoms. The van der Waals surface area contributed by atoms with Crippen LogP contribution in [0, 0.1) is 0 Å². The van der Waals surface area contributed by atoms with E-state index in [9.17, 15) is 14.4 Å². The van der Waals surface area contributed by atoms with Crippen LogP contribution in [-0.4, -0.2) is 40.2 Å². The topological polar surface area (TPSA) is 114 Å². The first-order chi connectivity index (χ1) is 19.9. The number of Topliss-reactive ketones (excluding diaryl/α,β-unsaturated/α-hetero) is 1. The number of amides is 2. The molecule has 0 spiro atoms. The van der Waals surface area contributed by atoms with Crippen molar-refractivity contribution >= 4 is 40.3 Å². The molecule has 8 nitrogen and oxygen atoms in total. The molecule has 0 saturated heterocycles. The predicted octanol–water partition coefficient (Wildman–Crippen LogP) is 5.83. The molecule has 41 heavy (non-hydrogen) atoms. The highest BCUT2D eigenvalue weighted by Gasteiger charge is 2.26. The van der Waals surface area contributed by atoms with Gasteiger partial charge >= 0.3 is 0 Å². The Bertz CT molecular complexity index is 1650. The molecule has 2 atom stereocenters. The summed E-state index contributed by atoms with van der Waals surface area (Å²) in [5.41, 5.74) is 3.72.